The maximum Gasteiger partial charge on any atom is 0.405 e. The van der Waals surface area contributed by atoms with Crippen LogP contribution < -0.4 is 5.73 Å². The number of carbonyl (C=O) groups is 1. The van der Waals surface area contributed by atoms with E-state index < -0.39 is 6.09 Å². The van der Waals surface area contributed by atoms with Crippen LogP contribution in [-0.2, 0) is 4.74 Å². The number of ether oxygens (including phenoxy) is 1. The van der Waals surface area contributed by atoms with Crippen LogP contribution in [0.3, 0.4) is 0 Å². The van der Waals surface area contributed by atoms with Crippen molar-refractivity contribution in [3.63, 3.8) is 0 Å². The molecule has 1 aliphatic rings. The monoisotopic (exact) mass is 290 g/mol. The molecular formula is C17H26N2O2. The Morgan fingerprint density at radius 1 is 1.24 bits per heavy atom. The second kappa shape index (κ2) is 8.03. The SMILES string of the molecule is CCC(CC(OC(N)=O)c1ccccc1)N1CCCCC1. The van der Waals surface area contributed by atoms with Gasteiger partial charge in [0.1, 0.15) is 6.10 Å². The topological polar surface area (TPSA) is 55.6 Å². The van der Waals surface area contributed by atoms with Crippen molar-refractivity contribution in [2.75, 3.05) is 13.1 Å². The average Bonchev–Trinajstić information content (AvgIpc) is 2.52. The summed E-state index contributed by atoms with van der Waals surface area (Å²) in [5, 5.41) is 0. The number of hydrogen-bond acceptors (Lipinski definition) is 3. The van der Waals surface area contributed by atoms with Crippen LogP contribution in [0.25, 0.3) is 0 Å². The molecule has 1 saturated heterocycles. The largest absolute Gasteiger partial charge is 0.441 e. The molecule has 1 aliphatic heterocycles. The summed E-state index contributed by atoms with van der Waals surface area (Å²) >= 11 is 0. The summed E-state index contributed by atoms with van der Waals surface area (Å²) in [5.74, 6) is 0. The molecule has 1 aromatic carbocycles. The number of rotatable bonds is 6. The average molecular weight is 290 g/mol. The fourth-order valence-corrected chi connectivity index (χ4v) is 3.16. The van der Waals surface area contributed by atoms with E-state index in [9.17, 15) is 4.79 Å². The number of primary amides is 1. The highest BCUT2D eigenvalue weighted by Crippen LogP contribution is 2.27. The van der Waals surface area contributed by atoms with E-state index in [1.807, 2.05) is 30.3 Å². The Morgan fingerprint density at radius 3 is 2.48 bits per heavy atom. The van der Waals surface area contributed by atoms with Crippen molar-refractivity contribution < 1.29 is 9.53 Å². The fourth-order valence-electron chi connectivity index (χ4n) is 3.16. The highest BCUT2D eigenvalue weighted by Gasteiger charge is 2.25. The molecule has 1 aromatic rings. The van der Waals surface area contributed by atoms with Crippen molar-refractivity contribution in [2.24, 2.45) is 5.73 Å². The lowest BCUT2D eigenvalue weighted by Gasteiger charge is -2.35. The molecule has 116 valence electrons. The minimum atomic E-state index is -0.697. The first-order chi connectivity index (χ1) is 10.2. The molecule has 2 rings (SSSR count). The number of likely N-dealkylation sites (tertiary alicyclic amines) is 1. The van der Waals surface area contributed by atoms with E-state index in [1.54, 1.807) is 0 Å². The number of amides is 1. The molecule has 4 nitrogen and oxygen atoms in total. The Balaban J connectivity index is 2.07. The third-order valence-corrected chi connectivity index (χ3v) is 4.29. The number of nitrogens with two attached hydrogens (primary N) is 1. The normalized spacial score (nSPS) is 18.9. The van der Waals surface area contributed by atoms with Gasteiger partial charge in [-0.2, -0.15) is 0 Å². The third kappa shape index (κ3) is 4.74. The van der Waals surface area contributed by atoms with Crippen LogP contribution in [0, 0.1) is 0 Å². The predicted octanol–water partition coefficient (Wildman–Crippen LogP) is 3.48. The molecular weight excluding hydrogens is 264 g/mol. The van der Waals surface area contributed by atoms with E-state index in [0.717, 1.165) is 31.5 Å². The van der Waals surface area contributed by atoms with Crippen molar-refractivity contribution in [1.82, 2.24) is 4.90 Å². The molecule has 2 unspecified atom stereocenters. The minimum absolute atomic E-state index is 0.254. The lowest BCUT2D eigenvalue weighted by atomic mass is 9.97. The summed E-state index contributed by atoms with van der Waals surface area (Å²) in [6.45, 7) is 4.50. The number of hydrogen-bond donors (Lipinski definition) is 1. The van der Waals surface area contributed by atoms with Gasteiger partial charge in [-0.15, -0.1) is 0 Å². The zero-order valence-corrected chi connectivity index (χ0v) is 12.8. The maximum atomic E-state index is 11.2. The Hall–Kier alpha value is -1.55. The summed E-state index contributed by atoms with van der Waals surface area (Å²) in [7, 11) is 0. The molecule has 1 heterocycles. The summed E-state index contributed by atoms with van der Waals surface area (Å²) in [5.41, 5.74) is 6.27. The quantitative estimate of drug-likeness (QED) is 0.872. The third-order valence-electron chi connectivity index (χ3n) is 4.29. The van der Waals surface area contributed by atoms with E-state index in [2.05, 4.69) is 11.8 Å². The lowest BCUT2D eigenvalue weighted by Crippen LogP contribution is -2.40. The summed E-state index contributed by atoms with van der Waals surface area (Å²) in [6.07, 6.45) is 4.78. The minimum Gasteiger partial charge on any atom is -0.441 e. The van der Waals surface area contributed by atoms with Gasteiger partial charge in [-0.25, -0.2) is 4.79 Å². The second-order valence-corrected chi connectivity index (χ2v) is 5.73. The smallest absolute Gasteiger partial charge is 0.405 e. The van der Waals surface area contributed by atoms with Crippen molar-refractivity contribution >= 4 is 6.09 Å². The molecule has 1 amide bonds. The molecule has 0 saturated carbocycles. The van der Waals surface area contributed by atoms with Crippen LogP contribution in [0.5, 0.6) is 0 Å². The van der Waals surface area contributed by atoms with E-state index in [4.69, 9.17) is 10.5 Å². The number of carbonyl (C=O) groups excluding carboxylic acids is 1. The predicted molar refractivity (Wildman–Crippen MR) is 84.0 cm³/mol. The van der Waals surface area contributed by atoms with Crippen LogP contribution in [0.1, 0.15) is 50.7 Å². The highest BCUT2D eigenvalue weighted by atomic mass is 16.6. The van der Waals surface area contributed by atoms with Gasteiger partial charge in [-0.3, -0.25) is 0 Å². The standard InChI is InChI=1S/C17H26N2O2/c1-2-15(19-11-7-4-8-12-19)13-16(21-17(18)20)14-9-5-3-6-10-14/h3,5-6,9-10,15-16H,2,4,7-8,11-13H2,1H3,(H2,18,20). The summed E-state index contributed by atoms with van der Waals surface area (Å²) < 4.78 is 5.37. The Morgan fingerprint density at radius 2 is 1.90 bits per heavy atom. The van der Waals surface area contributed by atoms with Crippen LogP contribution in [0.4, 0.5) is 4.79 Å². The molecule has 0 radical (unpaired) electrons. The maximum absolute atomic E-state index is 11.2. The Labute approximate surface area is 127 Å². The van der Waals surface area contributed by atoms with Gasteiger partial charge in [0.2, 0.25) is 0 Å². The number of nitrogens with zero attached hydrogens (tertiary/aromatic N) is 1. The van der Waals surface area contributed by atoms with E-state index in [0.29, 0.717) is 6.04 Å². The molecule has 0 bridgehead atoms. The van der Waals surface area contributed by atoms with Gasteiger partial charge in [-0.1, -0.05) is 43.7 Å². The first kappa shape index (κ1) is 15.8. The molecule has 21 heavy (non-hydrogen) atoms. The van der Waals surface area contributed by atoms with Gasteiger partial charge in [0.25, 0.3) is 0 Å². The molecule has 0 spiro atoms. The van der Waals surface area contributed by atoms with Gasteiger partial charge >= 0.3 is 6.09 Å². The molecule has 2 atom stereocenters. The van der Waals surface area contributed by atoms with Crippen LogP contribution in [0.2, 0.25) is 0 Å². The zero-order chi connectivity index (χ0) is 15.1. The van der Waals surface area contributed by atoms with Crippen molar-refractivity contribution in [3.05, 3.63) is 35.9 Å². The van der Waals surface area contributed by atoms with Gasteiger partial charge in [0.05, 0.1) is 0 Å². The first-order valence-electron chi connectivity index (χ1n) is 7.95. The van der Waals surface area contributed by atoms with Gasteiger partial charge in [0.15, 0.2) is 0 Å². The van der Waals surface area contributed by atoms with Crippen LogP contribution in [0.15, 0.2) is 30.3 Å². The molecule has 1 fully saturated rings. The van der Waals surface area contributed by atoms with Crippen LogP contribution >= 0.6 is 0 Å². The summed E-state index contributed by atoms with van der Waals surface area (Å²) in [6, 6.07) is 10.3. The van der Waals surface area contributed by atoms with E-state index >= 15 is 0 Å². The highest BCUT2D eigenvalue weighted by molar-refractivity contribution is 5.65. The molecule has 0 aliphatic carbocycles. The van der Waals surface area contributed by atoms with Gasteiger partial charge in [-0.05, 0) is 37.9 Å². The lowest BCUT2D eigenvalue weighted by molar-refractivity contribution is 0.0642. The Kier molecular flexibility index (Phi) is 6.05. The molecule has 4 heteroatoms. The van der Waals surface area contributed by atoms with Crippen molar-refractivity contribution in [1.29, 1.82) is 0 Å². The number of piperidine rings is 1. The van der Waals surface area contributed by atoms with Crippen LogP contribution in [-0.4, -0.2) is 30.1 Å². The van der Waals surface area contributed by atoms with Crippen molar-refractivity contribution in [3.8, 4) is 0 Å². The number of benzene rings is 1. The van der Waals surface area contributed by atoms with E-state index in [1.165, 1.54) is 19.3 Å². The van der Waals surface area contributed by atoms with Gasteiger partial charge in [0, 0.05) is 12.5 Å². The van der Waals surface area contributed by atoms with E-state index in [-0.39, 0.29) is 6.10 Å². The fraction of sp³-hybridized carbons (Fsp3) is 0.588. The Bertz CT molecular complexity index is 430. The molecule has 0 aromatic heterocycles. The second-order valence-electron chi connectivity index (χ2n) is 5.73. The van der Waals surface area contributed by atoms with Gasteiger partial charge < -0.3 is 15.4 Å². The zero-order valence-electron chi connectivity index (χ0n) is 12.8. The molecule has 2 N–H and O–H groups in total. The first-order valence-corrected chi connectivity index (χ1v) is 7.95. The van der Waals surface area contributed by atoms with Crippen molar-refractivity contribution in [2.45, 2.75) is 51.2 Å². The summed E-state index contributed by atoms with van der Waals surface area (Å²) in [4.78, 5) is 13.7.